The number of halogens is 1. The molecule has 1 aromatic heterocycles. The van der Waals surface area contributed by atoms with Crippen molar-refractivity contribution in [1.29, 1.82) is 0 Å². The molecule has 1 aliphatic heterocycles. The Bertz CT molecular complexity index is 1500. The van der Waals surface area contributed by atoms with Gasteiger partial charge in [0.1, 0.15) is 5.52 Å². The van der Waals surface area contributed by atoms with E-state index in [1.807, 2.05) is 0 Å². The summed E-state index contributed by atoms with van der Waals surface area (Å²) in [6.07, 6.45) is -6.41. The van der Waals surface area contributed by atoms with Crippen molar-refractivity contribution in [2.24, 2.45) is 0 Å². The molecule has 38 heavy (non-hydrogen) atoms. The number of pyridine rings is 1. The van der Waals surface area contributed by atoms with Gasteiger partial charge in [0.25, 0.3) is 0 Å². The van der Waals surface area contributed by atoms with Crippen LogP contribution in [-0.2, 0) is 23.8 Å². The minimum absolute atomic E-state index is 0.0149. The lowest BCUT2D eigenvalue weighted by atomic mass is 9.81. The Labute approximate surface area is 215 Å². The number of aromatic hydroxyl groups is 1. The van der Waals surface area contributed by atoms with E-state index in [-0.39, 0.29) is 33.2 Å². The van der Waals surface area contributed by atoms with Gasteiger partial charge < -0.3 is 24.1 Å². The predicted molar refractivity (Wildman–Crippen MR) is 128 cm³/mol. The number of hydrogen-bond donors (Lipinski definition) is 1. The smallest absolute Gasteiger partial charge is 0.303 e. The first-order chi connectivity index (χ1) is 18.1. The summed E-state index contributed by atoms with van der Waals surface area (Å²) >= 11 is 0. The first-order valence-electron chi connectivity index (χ1n) is 11.7. The van der Waals surface area contributed by atoms with E-state index in [0.717, 1.165) is 13.8 Å². The number of carbonyl (C=O) groups excluding carboxylic acids is 4. The molecule has 1 aliphatic carbocycles. The van der Waals surface area contributed by atoms with Gasteiger partial charge in [-0.3, -0.25) is 24.2 Å². The quantitative estimate of drug-likeness (QED) is 0.397. The molecule has 196 valence electrons. The van der Waals surface area contributed by atoms with Crippen molar-refractivity contribution in [3.8, 4) is 11.5 Å². The van der Waals surface area contributed by atoms with E-state index in [9.17, 15) is 24.3 Å². The fourth-order valence-corrected chi connectivity index (χ4v) is 4.84. The fraction of sp³-hybridized carbons (Fsp3) is 0.296. The number of hydrogen-bond acceptors (Lipinski definition) is 10. The maximum Gasteiger partial charge on any atom is 0.303 e. The summed E-state index contributed by atoms with van der Waals surface area (Å²) in [5, 5.41) is 11.4. The zero-order valence-corrected chi connectivity index (χ0v) is 20.5. The largest absolute Gasteiger partial charge is 0.504 e. The van der Waals surface area contributed by atoms with Crippen LogP contribution in [0.25, 0.3) is 10.9 Å². The van der Waals surface area contributed by atoms with Crippen molar-refractivity contribution >= 4 is 34.4 Å². The summed E-state index contributed by atoms with van der Waals surface area (Å²) in [5.41, 5.74) is -0.0995. The highest BCUT2D eigenvalue weighted by Crippen LogP contribution is 2.45. The number of phenols is 1. The van der Waals surface area contributed by atoms with Crippen molar-refractivity contribution in [3.63, 3.8) is 0 Å². The third-order valence-corrected chi connectivity index (χ3v) is 6.41. The molecule has 0 spiro atoms. The minimum Gasteiger partial charge on any atom is -0.504 e. The summed E-state index contributed by atoms with van der Waals surface area (Å²) in [6, 6.07) is 9.27. The topological polar surface area (TPSA) is 138 Å². The molecule has 5 atom stereocenters. The standard InChI is InChI=1S/C27H22FNO9/c1-11-24(36-12(2)30)25(37-13(3)31)19(28)27(35-11)38-26-20-16(9-6-10-29-20)17-18(23(26)34)22(33)15-8-5-4-7-14(15)21(17)32/h4-11,19,24-25,27,34H,1-3H3/t11-,19+,24+,25-,27-/m0/s1. The van der Waals surface area contributed by atoms with Gasteiger partial charge in [-0.25, -0.2) is 4.39 Å². The summed E-state index contributed by atoms with van der Waals surface area (Å²) in [4.78, 5) is 54.2. The Morgan fingerprint density at radius 2 is 1.55 bits per heavy atom. The van der Waals surface area contributed by atoms with E-state index < -0.39 is 65.8 Å². The maximum atomic E-state index is 15.7. The van der Waals surface area contributed by atoms with Crippen LogP contribution in [0.5, 0.6) is 11.5 Å². The fourth-order valence-electron chi connectivity index (χ4n) is 4.84. The monoisotopic (exact) mass is 523 g/mol. The van der Waals surface area contributed by atoms with Gasteiger partial charge in [-0.1, -0.05) is 30.3 Å². The lowest BCUT2D eigenvalue weighted by molar-refractivity contribution is -0.261. The van der Waals surface area contributed by atoms with Crippen LogP contribution in [0.4, 0.5) is 4.39 Å². The van der Waals surface area contributed by atoms with Crippen molar-refractivity contribution in [3.05, 3.63) is 64.8 Å². The van der Waals surface area contributed by atoms with Gasteiger partial charge in [0.2, 0.25) is 12.5 Å². The van der Waals surface area contributed by atoms with E-state index >= 15 is 4.39 Å². The molecule has 2 aliphatic rings. The molecule has 2 heterocycles. The Morgan fingerprint density at radius 1 is 0.947 bits per heavy atom. The highest BCUT2D eigenvalue weighted by atomic mass is 19.1. The van der Waals surface area contributed by atoms with Gasteiger partial charge in [-0.05, 0) is 13.0 Å². The lowest BCUT2D eigenvalue weighted by Crippen LogP contribution is -2.59. The number of aromatic nitrogens is 1. The highest BCUT2D eigenvalue weighted by molar-refractivity contribution is 6.33. The number of ketones is 2. The second-order valence-corrected chi connectivity index (χ2v) is 8.95. The number of rotatable bonds is 4. The van der Waals surface area contributed by atoms with E-state index in [1.54, 1.807) is 18.2 Å². The minimum atomic E-state index is -2.17. The van der Waals surface area contributed by atoms with Crippen molar-refractivity contribution in [2.45, 2.75) is 51.5 Å². The van der Waals surface area contributed by atoms with Crippen molar-refractivity contribution in [2.75, 3.05) is 0 Å². The maximum absolute atomic E-state index is 15.7. The van der Waals surface area contributed by atoms with E-state index in [1.165, 1.54) is 31.3 Å². The average Bonchev–Trinajstić information content (AvgIpc) is 2.88. The third-order valence-electron chi connectivity index (χ3n) is 6.41. The molecule has 10 nitrogen and oxygen atoms in total. The Morgan fingerprint density at radius 3 is 2.18 bits per heavy atom. The molecule has 1 fully saturated rings. The number of esters is 2. The summed E-state index contributed by atoms with van der Waals surface area (Å²) < 4.78 is 37.3. The lowest BCUT2D eigenvalue weighted by Gasteiger charge is -2.41. The van der Waals surface area contributed by atoms with Gasteiger partial charge in [0.05, 0.1) is 11.7 Å². The molecule has 2 aromatic carbocycles. The molecular formula is C27H22FNO9. The molecule has 0 unspecified atom stereocenters. The van der Waals surface area contributed by atoms with E-state index in [4.69, 9.17) is 18.9 Å². The number of carbonyl (C=O) groups is 4. The van der Waals surface area contributed by atoms with Crippen LogP contribution in [-0.4, -0.2) is 64.4 Å². The SMILES string of the molecule is CC(=O)O[C@H]1[C@@H](F)[C@H](Oc2c(O)c3c(c4cccnc24)C(=O)c2ccccc2C3=O)O[C@@H](C)[C@H]1OC(C)=O. The molecule has 5 rings (SSSR count). The van der Waals surface area contributed by atoms with Crippen LogP contribution in [0.1, 0.15) is 52.6 Å². The molecular weight excluding hydrogens is 501 g/mol. The normalized spacial score (nSPS) is 24.4. The van der Waals surface area contributed by atoms with Crippen LogP contribution < -0.4 is 4.74 Å². The number of nitrogens with zero attached hydrogens (tertiary/aromatic N) is 1. The average molecular weight is 523 g/mol. The predicted octanol–water partition coefficient (Wildman–Crippen LogP) is 3.04. The molecule has 0 bridgehead atoms. The second kappa shape index (κ2) is 9.49. The van der Waals surface area contributed by atoms with Crippen LogP contribution in [0, 0.1) is 0 Å². The molecule has 3 aromatic rings. The number of fused-ring (bicyclic) bond motifs is 4. The summed E-state index contributed by atoms with van der Waals surface area (Å²) in [7, 11) is 0. The third kappa shape index (κ3) is 4.04. The van der Waals surface area contributed by atoms with E-state index in [2.05, 4.69) is 4.98 Å². The van der Waals surface area contributed by atoms with Crippen LogP contribution in [0.3, 0.4) is 0 Å². The number of benzene rings is 2. The van der Waals surface area contributed by atoms with Gasteiger partial charge in [-0.15, -0.1) is 0 Å². The van der Waals surface area contributed by atoms with Gasteiger partial charge in [-0.2, -0.15) is 0 Å². The van der Waals surface area contributed by atoms with E-state index in [0.29, 0.717) is 0 Å². The van der Waals surface area contributed by atoms with Gasteiger partial charge in [0.15, 0.2) is 35.3 Å². The van der Waals surface area contributed by atoms with Crippen LogP contribution in [0.2, 0.25) is 0 Å². The summed E-state index contributed by atoms with van der Waals surface area (Å²) in [5.74, 6) is -3.78. The molecule has 0 saturated carbocycles. The van der Waals surface area contributed by atoms with Gasteiger partial charge in [0, 0.05) is 42.1 Å². The first-order valence-corrected chi connectivity index (χ1v) is 11.7. The molecule has 0 radical (unpaired) electrons. The van der Waals surface area contributed by atoms with Crippen molar-refractivity contribution < 1.29 is 47.6 Å². The summed E-state index contributed by atoms with van der Waals surface area (Å²) in [6.45, 7) is 3.65. The zero-order valence-electron chi connectivity index (χ0n) is 20.5. The molecule has 1 saturated heterocycles. The van der Waals surface area contributed by atoms with Crippen LogP contribution >= 0.6 is 0 Å². The molecule has 11 heteroatoms. The van der Waals surface area contributed by atoms with Gasteiger partial charge >= 0.3 is 11.9 Å². The Balaban J connectivity index is 1.61. The second-order valence-electron chi connectivity index (χ2n) is 8.95. The molecule has 1 N–H and O–H groups in total. The number of phenolic OH excluding ortho intramolecular Hbond substituents is 1. The highest BCUT2D eigenvalue weighted by Gasteiger charge is 2.50. The van der Waals surface area contributed by atoms with Crippen molar-refractivity contribution in [1.82, 2.24) is 4.98 Å². The molecule has 0 amide bonds. The van der Waals surface area contributed by atoms with Crippen LogP contribution in [0.15, 0.2) is 42.6 Å². The first kappa shape index (κ1) is 25.3. The number of ether oxygens (including phenoxy) is 4. The number of alkyl halides is 1. The zero-order chi connectivity index (χ0) is 27.3. The Hall–Kier alpha value is -4.38. The Kier molecular flexibility index (Phi) is 6.31.